The largest absolute Gasteiger partial charge is 0.458 e. The molecular weight excluding hydrogens is 620 g/mol. The maximum atomic E-state index is 14.8. The van der Waals surface area contributed by atoms with Crippen LogP contribution >= 0.6 is 0 Å². The van der Waals surface area contributed by atoms with Gasteiger partial charge >= 0.3 is 18.3 Å². The second-order valence-corrected chi connectivity index (χ2v) is 11.7. The van der Waals surface area contributed by atoms with E-state index < -0.39 is 29.4 Å². The molecule has 0 aliphatic rings. The van der Waals surface area contributed by atoms with Crippen LogP contribution in [0.15, 0.2) is 121 Å². The van der Waals surface area contributed by atoms with E-state index in [9.17, 15) is 35.1 Å². The van der Waals surface area contributed by atoms with Crippen molar-refractivity contribution in [2.24, 2.45) is 0 Å². The number of halogens is 8. The van der Waals surface area contributed by atoms with Gasteiger partial charge in [-0.25, -0.2) is 0 Å². The molecule has 0 heterocycles. The number of benzene rings is 8. The number of rotatable bonds is 3. The third-order valence-electron chi connectivity index (χ3n) is 9.04. The molecule has 0 aliphatic heterocycles. The van der Waals surface area contributed by atoms with Gasteiger partial charge in [-0.3, -0.25) is 0 Å². The van der Waals surface area contributed by atoms with Crippen LogP contribution in [-0.4, -0.2) is 6.18 Å². The lowest BCUT2D eigenvalue weighted by Crippen LogP contribution is -2.33. The normalized spacial score (nSPS) is 13.1. The van der Waals surface area contributed by atoms with Crippen LogP contribution in [0.3, 0.4) is 0 Å². The first-order valence-corrected chi connectivity index (χ1v) is 14.6. The molecule has 8 aromatic rings. The Hall–Kier alpha value is -5.24. The van der Waals surface area contributed by atoms with Crippen molar-refractivity contribution in [2.45, 2.75) is 18.3 Å². The third kappa shape index (κ3) is 4.34. The number of alkyl halides is 8. The molecular formula is C39H20F8. The Bertz CT molecular complexity index is 2490. The van der Waals surface area contributed by atoms with Crippen molar-refractivity contribution in [1.29, 1.82) is 0 Å². The fourth-order valence-electron chi connectivity index (χ4n) is 6.92. The lowest BCUT2D eigenvalue weighted by Gasteiger charge is -2.23. The Morgan fingerprint density at radius 2 is 0.915 bits per heavy atom. The monoisotopic (exact) mass is 640 g/mol. The van der Waals surface area contributed by atoms with Crippen molar-refractivity contribution >= 4 is 53.9 Å². The maximum Gasteiger partial charge on any atom is 0.458 e. The number of fused-ring (bicyclic) bond motifs is 2. The molecule has 0 amide bonds. The highest BCUT2D eigenvalue weighted by Crippen LogP contribution is 2.50. The van der Waals surface area contributed by atoms with Crippen LogP contribution in [0.1, 0.15) is 11.1 Å². The van der Waals surface area contributed by atoms with Crippen molar-refractivity contribution in [3.05, 3.63) is 132 Å². The molecule has 0 saturated heterocycles. The molecule has 8 rings (SSSR count). The van der Waals surface area contributed by atoms with Gasteiger partial charge in [0.2, 0.25) is 0 Å². The quantitative estimate of drug-likeness (QED) is 0.102. The van der Waals surface area contributed by atoms with Crippen LogP contribution in [0.2, 0.25) is 0 Å². The Kier molecular flexibility index (Phi) is 6.13. The van der Waals surface area contributed by atoms with Gasteiger partial charge in [0.05, 0.1) is 5.56 Å². The Labute approximate surface area is 261 Å². The van der Waals surface area contributed by atoms with E-state index in [1.165, 1.54) is 18.2 Å². The van der Waals surface area contributed by atoms with Crippen LogP contribution in [0.25, 0.3) is 76.1 Å². The molecule has 232 valence electrons. The minimum atomic E-state index is -5.86. The molecule has 0 aliphatic carbocycles. The van der Waals surface area contributed by atoms with E-state index in [0.717, 1.165) is 62.1 Å². The van der Waals surface area contributed by atoms with Gasteiger partial charge in [-0.2, -0.15) is 35.1 Å². The van der Waals surface area contributed by atoms with E-state index in [0.29, 0.717) is 21.7 Å². The van der Waals surface area contributed by atoms with Crippen LogP contribution in [0.4, 0.5) is 35.1 Å². The molecule has 8 heteroatoms. The van der Waals surface area contributed by atoms with Crippen molar-refractivity contribution < 1.29 is 35.1 Å². The summed E-state index contributed by atoms with van der Waals surface area (Å²) in [6.07, 6.45) is -10.5. The number of hydrogen-bond acceptors (Lipinski definition) is 0. The van der Waals surface area contributed by atoms with Gasteiger partial charge in [0.15, 0.2) is 0 Å². The molecule has 0 bridgehead atoms. The Balaban J connectivity index is 1.52. The van der Waals surface area contributed by atoms with Gasteiger partial charge < -0.3 is 0 Å². The van der Waals surface area contributed by atoms with Crippen LogP contribution in [-0.2, 0) is 12.1 Å². The summed E-state index contributed by atoms with van der Waals surface area (Å²) in [5.74, 6) is -5.17. The van der Waals surface area contributed by atoms with Gasteiger partial charge in [-0.05, 0) is 94.3 Å². The van der Waals surface area contributed by atoms with E-state index in [1.807, 2.05) is 60.7 Å². The highest BCUT2D eigenvalue weighted by atomic mass is 19.4. The van der Waals surface area contributed by atoms with Crippen molar-refractivity contribution in [3.63, 3.8) is 0 Å². The average molecular weight is 641 g/mol. The molecule has 0 aromatic heterocycles. The summed E-state index contributed by atoms with van der Waals surface area (Å²) in [5.41, 5.74) is -0.316. The van der Waals surface area contributed by atoms with Crippen molar-refractivity contribution in [3.8, 4) is 22.3 Å². The first-order chi connectivity index (χ1) is 22.3. The molecule has 0 atom stereocenters. The SMILES string of the molecule is FC(F)(F)c1ccc(-c2c3ccccc3c(-c3ccc4ccc5cccc6ccc3c4c56)c3ccc(C(F)(F)C(F)(F)F)cc23)cc1. The minimum absolute atomic E-state index is 0.0607. The van der Waals surface area contributed by atoms with Gasteiger partial charge in [0, 0.05) is 5.56 Å². The first-order valence-electron chi connectivity index (χ1n) is 14.6. The molecule has 0 spiro atoms. The van der Waals surface area contributed by atoms with Crippen molar-refractivity contribution in [2.75, 3.05) is 0 Å². The maximum absolute atomic E-state index is 14.8. The molecule has 8 aromatic carbocycles. The lowest BCUT2D eigenvalue weighted by atomic mass is 9.82. The summed E-state index contributed by atoms with van der Waals surface area (Å²) in [6, 6.07) is 32.0. The number of hydrogen-bond donors (Lipinski definition) is 0. The summed E-state index contributed by atoms with van der Waals surface area (Å²) in [6.45, 7) is 0. The van der Waals surface area contributed by atoms with Gasteiger partial charge in [0.25, 0.3) is 0 Å². The third-order valence-corrected chi connectivity index (χ3v) is 9.04. The summed E-state index contributed by atoms with van der Waals surface area (Å²) in [5, 5.41) is 7.55. The smallest absolute Gasteiger partial charge is 0.191 e. The lowest BCUT2D eigenvalue weighted by molar-refractivity contribution is -0.289. The summed E-state index contributed by atoms with van der Waals surface area (Å²) < 4.78 is 111. The highest BCUT2D eigenvalue weighted by Gasteiger charge is 2.58. The van der Waals surface area contributed by atoms with Crippen LogP contribution in [0.5, 0.6) is 0 Å². The van der Waals surface area contributed by atoms with Gasteiger partial charge in [-0.1, -0.05) is 103 Å². The second-order valence-electron chi connectivity index (χ2n) is 11.7. The Morgan fingerprint density at radius 3 is 1.55 bits per heavy atom. The molecule has 0 nitrogen and oxygen atoms in total. The zero-order chi connectivity index (χ0) is 32.9. The molecule has 0 unspecified atom stereocenters. The molecule has 0 N–H and O–H groups in total. The average Bonchev–Trinajstić information content (AvgIpc) is 3.05. The van der Waals surface area contributed by atoms with E-state index in [2.05, 4.69) is 0 Å². The Morgan fingerprint density at radius 1 is 0.383 bits per heavy atom. The zero-order valence-corrected chi connectivity index (χ0v) is 24.1. The van der Waals surface area contributed by atoms with E-state index in [1.54, 1.807) is 18.2 Å². The molecule has 0 fully saturated rings. The molecule has 47 heavy (non-hydrogen) atoms. The van der Waals surface area contributed by atoms with Crippen molar-refractivity contribution in [1.82, 2.24) is 0 Å². The zero-order valence-electron chi connectivity index (χ0n) is 24.1. The predicted molar refractivity (Wildman–Crippen MR) is 171 cm³/mol. The summed E-state index contributed by atoms with van der Waals surface area (Å²) >= 11 is 0. The predicted octanol–water partition coefficient (Wildman–Crippen LogP) is 12.9. The van der Waals surface area contributed by atoms with Gasteiger partial charge in [-0.15, -0.1) is 0 Å². The summed E-state index contributed by atoms with van der Waals surface area (Å²) in [4.78, 5) is 0. The fourth-order valence-corrected chi connectivity index (χ4v) is 6.92. The van der Waals surface area contributed by atoms with Crippen LogP contribution < -0.4 is 0 Å². The van der Waals surface area contributed by atoms with E-state index in [-0.39, 0.29) is 16.5 Å². The van der Waals surface area contributed by atoms with E-state index in [4.69, 9.17) is 0 Å². The second kappa shape index (κ2) is 9.88. The topological polar surface area (TPSA) is 0 Å². The fraction of sp³-hybridized carbons (Fsp3) is 0.0769. The minimum Gasteiger partial charge on any atom is -0.191 e. The van der Waals surface area contributed by atoms with Crippen LogP contribution in [0, 0.1) is 0 Å². The molecule has 0 radical (unpaired) electrons. The summed E-state index contributed by atoms with van der Waals surface area (Å²) in [7, 11) is 0. The standard InChI is InChI=1S/C39H20F8/c40-37(41,39(45,46)47)26-16-19-31-32(20-26)34(23-10-14-25(15-11-23)38(42,43)44)27-6-1-2-7-28(27)36(31)30-18-13-24-9-8-21-4-3-5-22-12-17-29(30)35(24)33(21)22/h1-20H. The van der Waals surface area contributed by atoms with Gasteiger partial charge in [0.1, 0.15) is 0 Å². The first kappa shape index (κ1) is 29.2. The highest BCUT2D eigenvalue weighted by molar-refractivity contribution is 6.29. The van der Waals surface area contributed by atoms with E-state index >= 15 is 0 Å². The molecule has 0 saturated carbocycles.